The van der Waals surface area contributed by atoms with E-state index in [1.807, 2.05) is 4.57 Å². The van der Waals surface area contributed by atoms with Crippen LogP contribution in [0.2, 0.25) is 0 Å². The highest BCUT2D eigenvalue weighted by Gasteiger charge is 2.36. The number of carbonyl (C=O) groups is 2. The largest absolute Gasteiger partial charge is 0.497 e. The van der Waals surface area contributed by atoms with Crippen LogP contribution in [0.5, 0.6) is 11.5 Å². The molecule has 10 heteroatoms. The fourth-order valence-electron chi connectivity index (χ4n) is 3.61. The van der Waals surface area contributed by atoms with Crippen LogP contribution in [0.1, 0.15) is 31.1 Å². The Balaban J connectivity index is 1.44. The number of hydrogen-bond acceptors (Lipinski definition) is 6. The lowest BCUT2D eigenvalue weighted by Gasteiger charge is -2.20. The number of aromatic nitrogens is 3. The van der Waals surface area contributed by atoms with Gasteiger partial charge in [0, 0.05) is 25.1 Å². The monoisotopic (exact) mass is 417 g/mol. The Bertz CT molecular complexity index is 997. The molecule has 2 amide bonds. The summed E-state index contributed by atoms with van der Waals surface area (Å²) < 4.78 is 13.2. The van der Waals surface area contributed by atoms with Crippen molar-refractivity contribution in [2.24, 2.45) is 5.92 Å². The molecule has 29 heavy (non-hydrogen) atoms. The molecule has 1 saturated carbocycles. The number of rotatable bonds is 7. The van der Waals surface area contributed by atoms with Crippen LogP contribution in [0.3, 0.4) is 0 Å². The van der Waals surface area contributed by atoms with Gasteiger partial charge in [-0.1, -0.05) is 0 Å². The Hall–Kier alpha value is -2.88. The Morgan fingerprint density at radius 1 is 1.34 bits per heavy atom. The molecule has 1 aromatic carbocycles. The zero-order valence-corrected chi connectivity index (χ0v) is 17.1. The molecule has 1 aromatic heterocycles. The molecule has 1 unspecified atom stereocenters. The smallest absolute Gasteiger partial charge is 0.227 e. The van der Waals surface area contributed by atoms with Crippen molar-refractivity contribution < 1.29 is 19.1 Å². The molecule has 1 saturated heterocycles. The summed E-state index contributed by atoms with van der Waals surface area (Å²) in [6, 6.07) is 5.62. The summed E-state index contributed by atoms with van der Waals surface area (Å²) in [5.74, 6) is 1.12. The zero-order chi connectivity index (χ0) is 20.5. The van der Waals surface area contributed by atoms with Crippen molar-refractivity contribution in [1.82, 2.24) is 20.1 Å². The first-order chi connectivity index (χ1) is 14.0. The fraction of sp³-hybridized carbons (Fsp3) is 0.474. The molecule has 0 spiro atoms. The Kier molecular flexibility index (Phi) is 5.27. The second-order valence-electron chi connectivity index (χ2n) is 7.21. The van der Waals surface area contributed by atoms with Crippen molar-refractivity contribution in [3.8, 4) is 11.5 Å². The minimum atomic E-state index is -0.449. The van der Waals surface area contributed by atoms with E-state index in [-0.39, 0.29) is 31.3 Å². The van der Waals surface area contributed by atoms with Gasteiger partial charge in [0.05, 0.1) is 32.4 Å². The number of hydrogen-bond donors (Lipinski definition) is 2. The number of H-pyrrole nitrogens is 1. The molecule has 4 rings (SSSR count). The molecule has 2 fully saturated rings. The lowest BCUT2D eigenvalue weighted by molar-refractivity contribution is -0.126. The quantitative estimate of drug-likeness (QED) is 0.668. The molecule has 0 bridgehead atoms. The van der Waals surface area contributed by atoms with Crippen LogP contribution in [-0.2, 0) is 16.1 Å². The van der Waals surface area contributed by atoms with E-state index < -0.39 is 5.92 Å². The van der Waals surface area contributed by atoms with E-state index in [0.29, 0.717) is 33.8 Å². The molecule has 1 aliphatic carbocycles. The minimum absolute atomic E-state index is 0.127. The topological polar surface area (TPSA) is 101 Å². The van der Waals surface area contributed by atoms with E-state index in [1.165, 1.54) is 0 Å². The summed E-state index contributed by atoms with van der Waals surface area (Å²) in [6.45, 7) is 0.555. The summed E-state index contributed by atoms with van der Waals surface area (Å²) >= 11 is 5.26. The normalized spacial score (nSPS) is 18.8. The average Bonchev–Trinajstić information content (AvgIpc) is 3.39. The van der Waals surface area contributed by atoms with Crippen LogP contribution >= 0.6 is 12.2 Å². The Labute approximate surface area is 173 Å². The zero-order valence-electron chi connectivity index (χ0n) is 16.3. The molecule has 2 heterocycles. The number of aromatic amines is 1. The number of anilines is 1. The maximum absolute atomic E-state index is 12.7. The summed E-state index contributed by atoms with van der Waals surface area (Å²) in [5, 5.41) is 9.90. The van der Waals surface area contributed by atoms with Crippen molar-refractivity contribution in [2.45, 2.75) is 31.8 Å². The van der Waals surface area contributed by atoms with E-state index in [0.717, 1.165) is 12.8 Å². The lowest BCUT2D eigenvalue weighted by atomic mass is 10.1. The van der Waals surface area contributed by atoms with Crippen molar-refractivity contribution in [3.63, 3.8) is 0 Å². The number of methoxy groups -OCH3 is 2. The summed E-state index contributed by atoms with van der Waals surface area (Å²) in [5.41, 5.74) is 0.599. The SMILES string of the molecule is COc1ccc(OC)c(N2CC(C(=O)NCc3n[nH]c(=S)n3C3CC3)CC2=O)c1. The number of benzene rings is 1. The van der Waals surface area contributed by atoms with Gasteiger partial charge >= 0.3 is 0 Å². The molecule has 2 N–H and O–H groups in total. The van der Waals surface area contributed by atoms with Crippen LogP contribution in [-0.4, -0.2) is 47.3 Å². The molecule has 2 aliphatic rings. The molecular weight excluding hydrogens is 394 g/mol. The first-order valence-corrected chi connectivity index (χ1v) is 9.88. The van der Waals surface area contributed by atoms with Crippen LogP contribution in [0.4, 0.5) is 5.69 Å². The van der Waals surface area contributed by atoms with Crippen molar-refractivity contribution in [1.29, 1.82) is 0 Å². The van der Waals surface area contributed by atoms with Crippen LogP contribution in [0, 0.1) is 10.7 Å². The number of carbonyl (C=O) groups excluding carboxylic acids is 2. The van der Waals surface area contributed by atoms with Gasteiger partial charge in [-0.15, -0.1) is 0 Å². The predicted octanol–water partition coefficient (Wildman–Crippen LogP) is 1.96. The third-order valence-corrected chi connectivity index (χ3v) is 5.57. The maximum atomic E-state index is 12.7. The molecule has 154 valence electrons. The van der Waals surface area contributed by atoms with Gasteiger partial charge in [-0.3, -0.25) is 19.3 Å². The van der Waals surface area contributed by atoms with Gasteiger partial charge in [0.15, 0.2) is 10.6 Å². The van der Waals surface area contributed by atoms with E-state index in [1.54, 1.807) is 37.3 Å². The van der Waals surface area contributed by atoms with Gasteiger partial charge in [0.1, 0.15) is 11.5 Å². The lowest BCUT2D eigenvalue weighted by Crippen LogP contribution is -2.33. The summed E-state index contributed by atoms with van der Waals surface area (Å²) in [6.07, 6.45) is 2.29. The first-order valence-electron chi connectivity index (χ1n) is 9.47. The van der Waals surface area contributed by atoms with E-state index in [4.69, 9.17) is 21.7 Å². The van der Waals surface area contributed by atoms with Gasteiger partial charge in [-0.05, 0) is 37.2 Å². The molecule has 1 aliphatic heterocycles. The van der Waals surface area contributed by atoms with Crippen LogP contribution in [0.25, 0.3) is 0 Å². The third-order valence-electron chi connectivity index (χ3n) is 5.28. The number of amides is 2. The Morgan fingerprint density at radius 2 is 2.14 bits per heavy atom. The third kappa shape index (κ3) is 3.84. The number of ether oxygens (including phenoxy) is 2. The molecule has 1 atom stereocenters. The average molecular weight is 417 g/mol. The summed E-state index contributed by atoms with van der Waals surface area (Å²) in [7, 11) is 3.10. The Morgan fingerprint density at radius 3 is 2.83 bits per heavy atom. The summed E-state index contributed by atoms with van der Waals surface area (Å²) in [4.78, 5) is 26.9. The van der Waals surface area contributed by atoms with Gasteiger partial charge in [-0.2, -0.15) is 5.10 Å². The molecule has 9 nitrogen and oxygen atoms in total. The highest BCUT2D eigenvalue weighted by molar-refractivity contribution is 7.71. The highest BCUT2D eigenvalue weighted by Crippen LogP contribution is 2.37. The van der Waals surface area contributed by atoms with Gasteiger partial charge in [0.2, 0.25) is 11.8 Å². The second kappa shape index (κ2) is 7.86. The second-order valence-corrected chi connectivity index (χ2v) is 7.59. The highest BCUT2D eigenvalue weighted by atomic mass is 32.1. The van der Waals surface area contributed by atoms with E-state index in [9.17, 15) is 9.59 Å². The van der Waals surface area contributed by atoms with Crippen molar-refractivity contribution in [2.75, 3.05) is 25.7 Å². The van der Waals surface area contributed by atoms with Gasteiger partial charge in [-0.25, -0.2) is 0 Å². The van der Waals surface area contributed by atoms with Crippen molar-refractivity contribution >= 4 is 29.7 Å². The predicted molar refractivity (Wildman–Crippen MR) is 108 cm³/mol. The standard InChI is InChI=1S/C19H23N5O4S/c1-27-13-5-6-15(28-2)14(8-13)23-10-11(7-17(23)25)18(26)20-9-16-21-22-19(29)24(16)12-3-4-12/h5-6,8,11-12H,3-4,7,9-10H2,1-2H3,(H,20,26)(H,22,29). The van der Waals surface area contributed by atoms with Crippen LogP contribution < -0.4 is 19.7 Å². The van der Waals surface area contributed by atoms with Gasteiger partial charge in [0.25, 0.3) is 0 Å². The molecule has 2 aromatic rings. The van der Waals surface area contributed by atoms with Crippen molar-refractivity contribution in [3.05, 3.63) is 28.8 Å². The van der Waals surface area contributed by atoms with Crippen LogP contribution in [0.15, 0.2) is 18.2 Å². The molecule has 0 radical (unpaired) electrons. The molecular formula is C19H23N5O4S. The van der Waals surface area contributed by atoms with Gasteiger partial charge < -0.3 is 19.7 Å². The maximum Gasteiger partial charge on any atom is 0.227 e. The number of nitrogens with zero attached hydrogens (tertiary/aromatic N) is 3. The first kappa shape index (κ1) is 19.4. The fourth-order valence-corrected chi connectivity index (χ4v) is 3.91. The van der Waals surface area contributed by atoms with E-state index in [2.05, 4.69) is 15.5 Å². The minimum Gasteiger partial charge on any atom is -0.497 e. The van der Waals surface area contributed by atoms with E-state index >= 15 is 0 Å². The number of nitrogens with one attached hydrogen (secondary N) is 2.